The number of fused-ring (bicyclic) bond motifs is 1. The molecule has 0 bridgehead atoms. The van der Waals surface area contributed by atoms with Crippen LogP contribution in [0.2, 0.25) is 0 Å². The second-order valence-corrected chi connectivity index (χ2v) is 7.57. The Morgan fingerprint density at radius 3 is 2.81 bits per heavy atom. The maximum absolute atomic E-state index is 6.39. The number of aromatic nitrogens is 2. The number of nitrogens with zero attached hydrogens (tertiary/aromatic N) is 2. The van der Waals surface area contributed by atoms with Crippen LogP contribution in [0, 0.1) is 0 Å². The lowest BCUT2D eigenvalue weighted by atomic mass is 10.2. The molecule has 1 aromatic carbocycles. The molecule has 0 N–H and O–H groups in total. The van der Waals surface area contributed by atoms with Crippen LogP contribution in [0.15, 0.2) is 18.2 Å². The summed E-state index contributed by atoms with van der Waals surface area (Å²) < 4.78 is 8.25. The second kappa shape index (κ2) is 6.09. The van der Waals surface area contributed by atoms with Crippen molar-refractivity contribution in [1.82, 2.24) is 9.55 Å². The van der Waals surface area contributed by atoms with Gasteiger partial charge in [0.1, 0.15) is 17.1 Å². The summed E-state index contributed by atoms with van der Waals surface area (Å²) >= 11 is 8.39. The minimum absolute atomic E-state index is 0.102. The molecule has 2 unspecified atom stereocenters. The molecule has 0 amide bonds. The van der Waals surface area contributed by atoms with E-state index in [2.05, 4.69) is 10.6 Å². The van der Waals surface area contributed by atoms with Gasteiger partial charge in [-0.3, -0.25) is 0 Å². The molecule has 114 valence electrons. The van der Waals surface area contributed by atoms with E-state index in [9.17, 15) is 0 Å². The first kappa shape index (κ1) is 15.0. The number of benzene rings is 1. The lowest BCUT2D eigenvalue weighted by molar-refractivity contribution is 0.245. The van der Waals surface area contributed by atoms with Crippen molar-refractivity contribution in [3.8, 4) is 5.75 Å². The summed E-state index contributed by atoms with van der Waals surface area (Å²) in [6.45, 7) is 6.06. The lowest BCUT2D eigenvalue weighted by Crippen LogP contribution is -2.12. The number of ether oxygens (including phenoxy) is 1. The van der Waals surface area contributed by atoms with Crippen molar-refractivity contribution < 1.29 is 4.74 Å². The summed E-state index contributed by atoms with van der Waals surface area (Å²) in [7, 11) is 0. The van der Waals surface area contributed by atoms with Crippen molar-refractivity contribution in [2.24, 2.45) is 0 Å². The Kier molecular flexibility index (Phi) is 4.36. The molecule has 0 saturated carbocycles. The van der Waals surface area contributed by atoms with Crippen LogP contribution in [-0.2, 0) is 0 Å². The van der Waals surface area contributed by atoms with Gasteiger partial charge in [0.15, 0.2) is 0 Å². The number of alkyl halides is 1. The molecular weight excluding hydrogens is 304 g/mol. The van der Waals surface area contributed by atoms with E-state index >= 15 is 0 Å². The van der Waals surface area contributed by atoms with Gasteiger partial charge in [-0.1, -0.05) is 6.07 Å². The number of hydrogen-bond acceptors (Lipinski definition) is 3. The van der Waals surface area contributed by atoms with Crippen LogP contribution in [0.3, 0.4) is 0 Å². The Bertz CT molecular complexity index is 632. The molecule has 5 heteroatoms. The van der Waals surface area contributed by atoms with E-state index in [0.29, 0.717) is 6.04 Å². The highest BCUT2D eigenvalue weighted by Gasteiger charge is 2.26. The van der Waals surface area contributed by atoms with Crippen LogP contribution in [0.4, 0.5) is 0 Å². The van der Waals surface area contributed by atoms with Crippen molar-refractivity contribution in [1.29, 1.82) is 0 Å². The highest BCUT2D eigenvalue weighted by Crippen LogP contribution is 2.37. The van der Waals surface area contributed by atoms with Gasteiger partial charge < -0.3 is 9.30 Å². The first-order valence-corrected chi connectivity index (χ1v) is 9.06. The molecular formula is C16H21ClN2OS. The smallest absolute Gasteiger partial charge is 0.147 e. The lowest BCUT2D eigenvalue weighted by Gasteiger charge is -2.17. The van der Waals surface area contributed by atoms with Gasteiger partial charge in [-0.2, -0.15) is 11.8 Å². The molecule has 3 rings (SSSR count). The van der Waals surface area contributed by atoms with E-state index in [1.807, 2.05) is 44.7 Å². The SMILES string of the molecule is CC(C)Oc1cccc2c1nc(C(C)Cl)n2C1CCSC1. The van der Waals surface area contributed by atoms with Gasteiger partial charge in [-0.15, -0.1) is 11.6 Å². The quantitative estimate of drug-likeness (QED) is 0.756. The molecule has 3 nitrogen and oxygen atoms in total. The predicted molar refractivity (Wildman–Crippen MR) is 90.7 cm³/mol. The van der Waals surface area contributed by atoms with Crippen molar-refractivity contribution in [2.75, 3.05) is 11.5 Å². The Labute approximate surface area is 135 Å². The van der Waals surface area contributed by atoms with E-state index in [0.717, 1.165) is 28.4 Å². The summed E-state index contributed by atoms with van der Waals surface area (Å²) in [5.74, 6) is 4.16. The third-order valence-corrected chi connectivity index (χ3v) is 5.04. The zero-order valence-electron chi connectivity index (χ0n) is 12.7. The Balaban J connectivity index is 2.17. The Hall–Kier alpha value is -0.870. The van der Waals surface area contributed by atoms with Gasteiger partial charge in [0.25, 0.3) is 0 Å². The summed E-state index contributed by atoms with van der Waals surface area (Å²) in [5, 5.41) is -0.102. The molecule has 1 aliphatic rings. The van der Waals surface area contributed by atoms with Crippen LogP contribution >= 0.6 is 23.4 Å². The summed E-state index contributed by atoms with van der Waals surface area (Å²) in [6, 6.07) is 6.65. The minimum atomic E-state index is -0.102. The van der Waals surface area contributed by atoms with Gasteiger partial charge >= 0.3 is 0 Å². The standard InChI is InChI=1S/C16H21ClN2OS/c1-10(2)20-14-6-4-5-13-15(14)18-16(11(3)17)19(13)12-7-8-21-9-12/h4-6,10-12H,7-9H2,1-3H3. The van der Waals surface area contributed by atoms with Crippen molar-refractivity contribution >= 4 is 34.4 Å². The Morgan fingerprint density at radius 1 is 1.38 bits per heavy atom. The topological polar surface area (TPSA) is 27.1 Å². The van der Waals surface area contributed by atoms with E-state index in [1.165, 1.54) is 12.2 Å². The number of rotatable bonds is 4. The van der Waals surface area contributed by atoms with E-state index in [-0.39, 0.29) is 11.5 Å². The van der Waals surface area contributed by atoms with Crippen LogP contribution in [-0.4, -0.2) is 27.2 Å². The highest BCUT2D eigenvalue weighted by molar-refractivity contribution is 7.99. The maximum atomic E-state index is 6.39. The molecule has 21 heavy (non-hydrogen) atoms. The van der Waals surface area contributed by atoms with Crippen LogP contribution in [0.1, 0.15) is 44.4 Å². The summed E-state index contributed by atoms with van der Waals surface area (Å²) in [5.41, 5.74) is 2.08. The molecule has 0 spiro atoms. The van der Waals surface area contributed by atoms with Gasteiger partial charge in [0.2, 0.25) is 0 Å². The van der Waals surface area contributed by atoms with Gasteiger partial charge in [0, 0.05) is 11.8 Å². The fraction of sp³-hybridized carbons (Fsp3) is 0.562. The number of thioether (sulfide) groups is 1. The highest BCUT2D eigenvalue weighted by atomic mass is 35.5. The predicted octanol–water partition coefficient (Wildman–Crippen LogP) is 4.80. The molecule has 2 atom stereocenters. The number of hydrogen-bond donors (Lipinski definition) is 0. The second-order valence-electron chi connectivity index (χ2n) is 5.76. The molecule has 1 aliphatic heterocycles. The minimum Gasteiger partial charge on any atom is -0.489 e. The zero-order valence-corrected chi connectivity index (χ0v) is 14.2. The van der Waals surface area contributed by atoms with Gasteiger partial charge in [0.05, 0.1) is 17.0 Å². The molecule has 2 aromatic rings. The van der Waals surface area contributed by atoms with Crippen molar-refractivity contribution in [2.45, 2.75) is 44.7 Å². The molecule has 1 aromatic heterocycles. The first-order valence-electron chi connectivity index (χ1n) is 7.47. The number of imidazole rings is 1. The van der Waals surface area contributed by atoms with E-state index in [1.54, 1.807) is 0 Å². The molecule has 1 fully saturated rings. The van der Waals surface area contributed by atoms with Crippen LogP contribution in [0.25, 0.3) is 11.0 Å². The average molecular weight is 325 g/mol. The molecule has 2 heterocycles. The monoisotopic (exact) mass is 324 g/mol. The fourth-order valence-corrected chi connectivity index (χ4v) is 4.20. The van der Waals surface area contributed by atoms with Gasteiger partial charge in [-0.25, -0.2) is 4.98 Å². The molecule has 0 radical (unpaired) electrons. The van der Waals surface area contributed by atoms with Crippen molar-refractivity contribution in [3.63, 3.8) is 0 Å². The summed E-state index contributed by atoms with van der Waals surface area (Å²) in [4.78, 5) is 4.81. The molecule has 0 aliphatic carbocycles. The number of para-hydroxylation sites is 1. The maximum Gasteiger partial charge on any atom is 0.147 e. The van der Waals surface area contributed by atoms with Crippen LogP contribution < -0.4 is 4.74 Å². The normalized spacial score (nSPS) is 20.3. The average Bonchev–Trinajstić information content (AvgIpc) is 3.04. The fourth-order valence-electron chi connectivity index (χ4n) is 2.85. The number of halogens is 1. The summed E-state index contributed by atoms with van der Waals surface area (Å²) in [6.07, 6.45) is 1.32. The van der Waals surface area contributed by atoms with Gasteiger partial charge in [-0.05, 0) is 45.1 Å². The largest absolute Gasteiger partial charge is 0.489 e. The molecule has 1 saturated heterocycles. The Morgan fingerprint density at radius 2 is 2.19 bits per heavy atom. The third-order valence-electron chi connectivity index (χ3n) is 3.70. The van der Waals surface area contributed by atoms with E-state index < -0.39 is 0 Å². The zero-order chi connectivity index (χ0) is 15.0. The first-order chi connectivity index (χ1) is 10.1. The van der Waals surface area contributed by atoms with E-state index in [4.69, 9.17) is 21.3 Å². The van der Waals surface area contributed by atoms with Crippen molar-refractivity contribution in [3.05, 3.63) is 24.0 Å². The van der Waals surface area contributed by atoms with Crippen LogP contribution in [0.5, 0.6) is 5.75 Å². The third kappa shape index (κ3) is 2.88.